The number of aromatic nitrogens is 5. The predicted octanol–water partition coefficient (Wildman–Crippen LogP) is 2.09. The summed E-state index contributed by atoms with van der Waals surface area (Å²) in [6.45, 7) is 5.83. The maximum Gasteiger partial charge on any atom is 0.226 e. The highest BCUT2D eigenvalue weighted by atomic mass is 16.5. The zero-order valence-electron chi connectivity index (χ0n) is 21.6. The monoisotopic (exact) mass is 507 g/mol. The molecule has 3 aliphatic rings. The first-order valence-corrected chi connectivity index (χ1v) is 13.2. The molecule has 1 spiro atoms. The second-order valence-electron chi connectivity index (χ2n) is 10.1. The van der Waals surface area contributed by atoms with Gasteiger partial charge >= 0.3 is 0 Å². The SMILES string of the molecule is COCCn1ccnc1CN1CCC2(CC1)Cc1cn(nn1)CCCOc1ccc(cc1)CCNC2=O. The average molecular weight is 508 g/mol. The smallest absolute Gasteiger partial charge is 0.226 e. The number of imidazole rings is 1. The van der Waals surface area contributed by atoms with E-state index < -0.39 is 5.41 Å². The number of nitrogens with one attached hydrogen (secondary N) is 1. The number of likely N-dealkylation sites (tertiary alicyclic amines) is 1. The largest absolute Gasteiger partial charge is 0.494 e. The third kappa shape index (κ3) is 6.37. The van der Waals surface area contributed by atoms with Crippen molar-refractivity contribution >= 4 is 5.91 Å². The van der Waals surface area contributed by atoms with Gasteiger partial charge in [0, 0.05) is 58.2 Å². The van der Waals surface area contributed by atoms with Crippen molar-refractivity contribution in [1.29, 1.82) is 0 Å². The maximum absolute atomic E-state index is 13.7. The number of amides is 1. The van der Waals surface area contributed by atoms with Gasteiger partial charge in [-0.25, -0.2) is 4.98 Å². The predicted molar refractivity (Wildman–Crippen MR) is 138 cm³/mol. The van der Waals surface area contributed by atoms with E-state index in [0.29, 0.717) is 26.2 Å². The van der Waals surface area contributed by atoms with Crippen LogP contribution in [-0.2, 0) is 42.0 Å². The molecule has 0 saturated carbocycles. The van der Waals surface area contributed by atoms with Crippen LogP contribution in [0.5, 0.6) is 5.75 Å². The van der Waals surface area contributed by atoms with Crippen molar-refractivity contribution < 1.29 is 14.3 Å². The Labute approximate surface area is 218 Å². The molecule has 10 heteroatoms. The molecule has 3 aromatic rings. The van der Waals surface area contributed by atoms with Gasteiger partial charge in [-0.2, -0.15) is 0 Å². The standard InChI is InChI=1S/C27H37N7O3/c1-36-18-16-33-15-11-28-25(33)21-32-13-8-27(9-14-32)19-23-20-34(31-30-23)12-2-17-37-24-5-3-22(4-6-24)7-10-29-26(27)35/h3-6,11,15,20H,2,7-10,12-14,16-19,21H2,1H3,(H,29,35). The third-order valence-corrected chi connectivity index (χ3v) is 7.53. The first-order chi connectivity index (χ1) is 18.1. The molecule has 1 aromatic carbocycles. The molecule has 2 aromatic heterocycles. The summed E-state index contributed by atoms with van der Waals surface area (Å²) in [4.78, 5) is 20.6. The summed E-state index contributed by atoms with van der Waals surface area (Å²) >= 11 is 0. The minimum Gasteiger partial charge on any atom is -0.494 e. The Balaban J connectivity index is 1.28. The molecule has 6 rings (SSSR count). The molecule has 198 valence electrons. The number of hydrogen-bond acceptors (Lipinski definition) is 7. The Bertz CT molecular complexity index is 1150. The van der Waals surface area contributed by atoms with Gasteiger partial charge in [0.15, 0.2) is 0 Å². The molecule has 0 unspecified atom stereocenters. The van der Waals surface area contributed by atoms with E-state index in [0.717, 1.165) is 75.7 Å². The second kappa shape index (κ2) is 11.9. The molecule has 1 fully saturated rings. The zero-order valence-corrected chi connectivity index (χ0v) is 21.6. The van der Waals surface area contributed by atoms with Gasteiger partial charge in [-0.05, 0) is 50.0 Å². The van der Waals surface area contributed by atoms with Crippen molar-refractivity contribution in [3.8, 4) is 5.75 Å². The van der Waals surface area contributed by atoms with Crippen LogP contribution >= 0.6 is 0 Å². The lowest BCUT2D eigenvalue weighted by atomic mass is 9.74. The average Bonchev–Trinajstić information content (AvgIpc) is 3.56. The number of benzene rings is 1. The summed E-state index contributed by atoms with van der Waals surface area (Å²) in [5, 5.41) is 12.0. The second-order valence-corrected chi connectivity index (χ2v) is 10.1. The maximum atomic E-state index is 13.7. The molecule has 1 saturated heterocycles. The van der Waals surface area contributed by atoms with E-state index in [1.165, 1.54) is 5.56 Å². The van der Waals surface area contributed by atoms with E-state index >= 15 is 0 Å². The normalized spacial score (nSPS) is 18.9. The third-order valence-electron chi connectivity index (χ3n) is 7.53. The van der Waals surface area contributed by atoms with Gasteiger partial charge in [-0.15, -0.1) is 5.10 Å². The molecular weight excluding hydrogens is 470 g/mol. The zero-order chi connectivity index (χ0) is 25.5. The Morgan fingerprint density at radius 2 is 2.00 bits per heavy atom. The van der Waals surface area contributed by atoms with E-state index in [1.807, 2.05) is 35.4 Å². The summed E-state index contributed by atoms with van der Waals surface area (Å²) in [5.74, 6) is 2.01. The molecule has 4 bridgehead atoms. The van der Waals surface area contributed by atoms with Gasteiger partial charge in [0.25, 0.3) is 0 Å². The van der Waals surface area contributed by atoms with Gasteiger partial charge in [-0.1, -0.05) is 17.3 Å². The summed E-state index contributed by atoms with van der Waals surface area (Å²) in [7, 11) is 1.71. The highest BCUT2D eigenvalue weighted by Crippen LogP contribution is 2.36. The number of carbonyl (C=O) groups excluding carboxylic acids is 1. The van der Waals surface area contributed by atoms with Gasteiger partial charge in [0.05, 0.1) is 30.9 Å². The number of hydrogen-bond donors (Lipinski definition) is 1. The van der Waals surface area contributed by atoms with Crippen molar-refractivity contribution in [3.05, 3.63) is 59.9 Å². The van der Waals surface area contributed by atoms with Gasteiger partial charge in [0.2, 0.25) is 5.91 Å². The number of fused-ring (bicyclic) bond motifs is 8. The molecule has 37 heavy (non-hydrogen) atoms. The van der Waals surface area contributed by atoms with Crippen molar-refractivity contribution in [2.75, 3.05) is 40.0 Å². The Hall–Kier alpha value is -3.24. The van der Waals surface area contributed by atoms with E-state index in [4.69, 9.17) is 9.47 Å². The van der Waals surface area contributed by atoms with Crippen LogP contribution in [0.4, 0.5) is 0 Å². The number of nitrogens with zero attached hydrogens (tertiary/aromatic N) is 6. The van der Waals surface area contributed by atoms with Crippen LogP contribution in [0.1, 0.15) is 36.3 Å². The number of ether oxygens (including phenoxy) is 2. The molecular formula is C27H37N7O3. The lowest BCUT2D eigenvalue weighted by Gasteiger charge is -2.40. The van der Waals surface area contributed by atoms with Crippen molar-refractivity contribution in [1.82, 2.24) is 34.8 Å². The fraction of sp³-hybridized carbons (Fsp3) is 0.556. The Kier molecular flexibility index (Phi) is 8.15. The first-order valence-electron chi connectivity index (χ1n) is 13.2. The number of rotatable bonds is 5. The fourth-order valence-electron chi connectivity index (χ4n) is 5.26. The molecule has 0 atom stereocenters. The Morgan fingerprint density at radius 3 is 2.81 bits per heavy atom. The van der Waals surface area contributed by atoms with Crippen molar-refractivity contribution in [2.24, 2.45) is 5.41 Å². The van der Waals surface area contributed by atoms with Crippen LogP contribution < -0.4 is 10.1 Å². The topological polar surface area (TPSA) is 99.3 Å². The number of carbonyl (C=O) groups is 1. The lowest BCUT2D eigenvalue weighted by Crippen LogP contribution is -2.50. The number of piperidine rings is 1. The van der Waals surface area contributed by atoms with Crippen molar-refractivity contribution in [3.63, 3.8) is 0 Å². The summed E-state index contributed by atoms with van der Waals surface area (Å²) in [6, 6.07) is 8.16. The van der Waals surface area contributed by atoms with E-state index in [9.17, 15) is 4.79 Å². The van der Waals surface area contributed by atoms with E-state index in [2.05, 4.69) is 42.2 Å². The van der Waals surface area contributed by atoms with Gasteiger partial charge in [-0.3, -0.25) is 14.4 Å². The first kappa shape index (κ1) is 25.4. The molecule has 3 aliphatic heterocycles. The van der Waals surface area contributed by atoms with E-state index in [1.54, 1.807) is 7.11 Å². The van der Waals surface area contributed by atoms with Gasteiger partial charge in [0.1, 0.15) is 11.6 Å². The molecule has 10 nitrogen and oxygen atoms in total. The van der Waals surface area contributed by atoms with Crippen LogP contribution in [0.3, 0.4) is 0 Å². The van der Waals surface area contributed by atoms with Crippen LogP contribution in [-0.4, -0.2) is 75.3 Å². The van der Waals surface area contributed by atoms with Crippen LogP contribution in [0.25, 0.3) is 0 Å². The highest BCUT2D eigenvalue weighted by Gasteiger charge is 2.42. The summed E-state index contributed by atoms with van der Waals surface area (Å²) in [5.41, 5.74) is 1.56. The molecule has 5 heterocycles. The summed E-state index contributed by atoms with van der Waals surface area (Å²) < 4.78 is 15.1. The number of aryl methyl sites for hydroxylation is 1. The molecule has 1 N–H and O–H groups in total. The van der Waals surface area contributed by atoms with Crippen molar-refractivity contribution in [2.45, 2.75) is 51.7 Å². The van der Waals surface area contributed by atoms with E-state index in [-0.39, 0.29) is 5.91 Å². The lowest BCUT2D eigenvalue weighted by molar-refractivity contribution is -0.134. The summed E-state index contributed by atoms with van der Waals surface area (Å²) in [6.07, 6.45) is 9.59. The molecule has 0 radical (unpaired) electrons. The molecule has 1 amide bonds. The van der Waals surface area contributed by atoms with Crippen LogP contribution in [0, 0.1) is 5.41 Å². The van der Waals surface area contributed by atoms with Gasteiger partial charge < -0.3 is 19.4 Å². The fourth-order valence-corrected chi connectivity index (χ4v) is 5.26. The molecule has 0 aliphatic carbocycles. The van der Waals surface area contributed by atoms with Crippen LogP contribution in [0.2, 0.25) is 0 Å². The minimum atomic E-state index is -0.496. The number of methoxy groups -OCH3 is 1. The Morgan fingerprint density at radius 1 is 1.16 bits per heavy atom. The minimum absolute atomic E-state index is 0.118. The highest BCUT2D eigenvalue weighted by molar-refractivity contribution is 5.83. The quantitative estimate of drug-likeness (QED) is 0.565. The van der Waals surface area contributed by atoms with Crippen LogP contribution in [0.15, 0.2) is 42.9 Å².